The number of hydrogen-bond donors (Lipinski definition) is 0. The summed E-state index contributed by atoms with van der Waals surface area (Å²) >= 11 is 0. The minimum Gasteiger partial charge on any atom is -0.450 e. The summed E-state index contributed by atoms with van der Waals surface area (Å²) in [6, 6.07) is 5.08. The predicted octanol–water partition coefficient (Wildman–Crippen LogP) is -0.395. The first-order valence-corrected chi connectivity index (χ1v) is 8.39. The Morgan fingerprint density at radius 3 is 2.57 bits per heavy atom. The number of nitrogens with zero attached hydrogens (tertiary/aromatic N) is 1. The molecule has 0 saturated carbocycles. The van der Waals surface area contributed by atoms with Gasteiger partial charge < -0.3 is 9.30 Å². The van der Waals surface area contributed by atoms with Gasteiger partial charge in [-0.2, -0.15) is 12.1 Å². The van der Waals surface area contributed by atoms with Gasteiger partial charge in [0.2, 0.25) is 0 Å². The molecular formula is C10H18LiNOSi. The van der Waals surface area contributed by atoms with Gasteiger partial charge in [-0.1, -0.05) is 19.6 Å². The molecule has 2 nitrogen and oxygen atoms in total. The topological polar surface area (TPSA) is 14.2 Å². The van der Waals surface area contributed by atoms with Crippen LogP contribution in [-0.2, 0) is 11.5 Å². The summed E-state index contributed by atoms with van der Waals surface area (Å²) in [5.41, 5.74) is 0. The molecule has 0 aromatic carbocycles. The second-order valence-electron chi connectivity index (χ2n) is 4.46. The van der Waals surface area contributed by atoms with Crippen molar-refractivity contribution in [2.75, 3.05) is 6.61 Å². The van der Waals surface area contributed by atoms with Crippen molar-refractivity contribution in [1.82, 2.24) is 4.57 Å². The van der Waals surface area contributed by atoms with E-state index in [4.69, 9.17) is 4.74 Å². The van der Waals surface area contributed by atoms with Crippen molar-refractivity contribution in [3.63, 3.8) is 0 Å². The van der Waals surface area contributed by atoms with Crippen molar-refractivity contribution in [1.29, 1.82) is 0 Å². The average Bonchev–Trinajstić information content (AvgIpc) is 2.48. The third-order valence-corrected chi connectivity index (χ3v) is 3.53. The first-order chi connectivity index (χ1) is 6.08. The molecule has 0 atom stereocenters. The van der Waals surface area contributed by atoms with Crippen LogP contribution in [0.2, 0.25) is 25.7 Å². The van der Waals surface area contributed by atoms with Gasteiger partial charge in [-0.3, -0.25) is 0 Å². The summed E-state index contributed by atoms with van der Waals surface area (Å²) < 4.78 is 7.44. The fourth-order valence-electron chi connectivity index (χ4n) is 0.950. The van der Waals surface area contributed by atoms with E-state index in [2.05, 4.69) is 25.8 Å². The minimum absolute atomic E-state index is 0. The van der Waals surface area contributed by atoms with Crippen LogP contribution in [-0.4, -0.2) is 19.2 Å². The summed E-state index contributed by atoms with van der Waals surface area (Å²) in [6.07, 6.45) is 5.00. The van der Waals surface area contributed by atoms with Crippen molar-refractivity contribution in [3.05, 3.63) is 24.5 Å². The van der Waals surface area contributed by atoms with E-state index < -0.39 is 8.07 Å². The van der Waals surface area contributed by atoms with Gasteiger partial charge in [0.05, 0.1) is 0 Å². The summed E-state index contributed by atoms with van der Waals surface area (Å²) in [5, 5.41) is 0. The maximum atomic E-state index is 5.52. The van der Waals surface area contributed by atoms with Gasteiger partial charge in [0.1, 0.15) is 6.73 Å². The molecule has 0 N–H and O–H groups in total. The second kappa shape index (κ2) is 6.52. The van der Waals surface area contributed by atoms with E-state index >= 15 is 0 Å². The molecule has 0 saturated heterocycles. The normalized spacial score (nSPS) is 11.1. The van der Waals surface area contributed by atoms with E-state index in [1.807, 2.05) is 22.9 Å². The maximum absolute atomic E-state index is 5.52. The van der Waals surface area contributed by atoms with Gasteiger partial charge in [0.15, 0.2) is 0 Å². The molecule has 0 bridgehead atoms. The van der Waals surface area contributed by atoms with Gasteiger partial charge >= 0.3 is 18.9 Å². The Hall–Kier alpha value is 0.0543. The fraction of sp³-hybridized carbons (Fsp3) is 0.600. The quantitative estimate of drug-likeness (QED) is 0.361. The number of aromatic nitrogens is 1. The second-order valence-corrected chi connectivity index (χ2v) is 10.1. The zero-order valence-electron chi connectivity index (χ0n) is 9.71. The molecule has 1 aromatic rings. The van der Waals surface area contributed by atoms with Crippen LogP contribution in [0, 0.1) is 6.20 Å². The van der Waals surface area contributed by atoms with Crippen molar-refractivity contribution in [2.24, 2.45) is 0 Å². The van der Waals surface area contributed by atoms with Crippen molar-refractivity contribution >= 4 is 8.07 Å². The van der Waals surface area contributed by atoms with Gasteiger partial charge in [-0.15, -0.1) is 12.4 Å². The van der Waals surface area contributed by atoms with Gasteiger partial charge in [-0.25, -0.2) is 0 Å². The zero-order chi connectivity index (χ0) is 9.73. The van der Waals surface area contributed by atoms with Crippen LogP contribution in [0.1, 0.15) is 0 Å². The summed E-state index contributed by atoms with van der Waals surface area (Å²) in [7, 11) is -0.924. The van der Waals surface area contributed by atoms with Crippen LogP contribution in [0.4, 0.5) is 0 Å². The van der Waals surface area contributed by atoms with Crippen LogP contribution in [0.3, 0.4) is 0 Å². The van der Waals surface area contributed by atoms with E-state index in [0.29, 0.717) is 6.73 Å². The summed E-state index contributed by atoms with van der Waals surface area (Å²) in [6.45, 7) is 8.59. The Balaban J connectivity index is 0.00000169. The van der Waals surface area contributed by atoms with Crippen LogP contribution in [0.5, 0.6) is 0 Å². The molecule has 0 aliphatic carbocycles. The van der Waals surface area contributed by atoms with Crippen LogP contribution < -0.4 is 18.9 Å². The minimum atomic E-state index is -0.924. The van der Waals surface area contributed by atoms with Crippen LogP contribution >= 0.6 is 0 Å². The van der Waals surface area contributed by atoms with Gasteiger partial charge in [-0.05, 0) is 6.04 Å². The molecule has 0 radical (unpaired) electrons. The predicted molar refractivity (Wildman–Crippen MR) is 57.4 cm³/mol. The Kier molecular flexibility index (Phi) is 6.55. The third kappa shape index (κ3) is 6.50. The molecule has 0 amide bonds. The van der Waals surface area contributed by atoms with Crippen LogP contribution in [0.25, 0.3) is 0 Å². The molecule has 4 heteroatoms. The Labute approximate surface area is 99.8 Å². The summed E-state index contributed by atoms with van der Waals surface area (Å²) in [5.74, 6) is 0. The van der Waals surface area contributed by atoms with E-state index in [0.717, 1.165) is 6.61 Å². The molecule has 1 rings (SSSR count). The molecular weight excluding hydrogens is 185 g/mol. The Morgan fingerprint density at radius 1 is 1.36 bits per heavy atom. The first kappa shape index (κ1) is 14.1. The van der Waals surface area contributed by atoms with E-state index in [1.165, 1.54) is 6.04 Å². The maximum Gasteiger partial charge on any atom is 1.00 e. The number of hydrogen-bond acceptors (Lipinski definition) is 1. The van der Waals surface area contributed by atoms with Crippen molar-refractivity contribution in [3.8, 4) is 0 Å². The van der Waals surface area contributed by atoms with E-state index in [9.17, 15) is 0 Å². The molecule has 1 aromatic heterocycles. The summed E-state index contributed by atoms with van der Waals surface area (Å²) in [4.78, 5) is 0. The standard InChI is InChI=1S/C10H18NOSi.Li/c1-13(2,3)9-8-12-10-11-6-4-5-7-11;/h4-6H,8-10H2,1-3H3;/q-1;+1. The molecule has 0 spiro atoms. The molecule has 0 fully saturated rings. The zero-order valence-corrected chi connectivity index (χ0v) is 10.7. The molecule has 0 aliphatic heterocycles. The SMILES string of the molecule is C[Si](C)(C)CCOCn1[c-]ccc1.[Li+]. The van der Waals surface area contributed by atoms with Gasteiger partial charge in [0, 0.05) is 14.7 Å². The molecule has 0 aliphatic rings. The molecule has 14 heavy (non-hydrogen) atoms. The smallest absolute Gasteiger partial charge is 0.450 e. The average molecular weight is 203 g/mol. The third-order valence-electron chi connectivity index (χ3n) is 1.83. The largest absolute Gasteiger partial charge is 1.00 e. The molecule has 0 unspecified atom stereocenters. The molecule has 1 heterocycles. The molecule has 74 valence electrons. The van der Waals surface area contributed by atoms with Crippen molar-refractivity contribution < 1.29 is 23.6 Å². The number of rotatable bonds is 5. The van der Waals surface area contributed by atoms with E-state index in [-0.39, 0.29) is 18.9 Å². The first-order valence-electron chi connectivity index (χ1n) is 4.68. The van der Waals surface area contributed by atoms with Crippen molar-refractivity contribution in [2.45, 2.75) is 32.4 Å². The fourth-order valence-corrected chi connectivity index (χ4v) is 1.71. The van der Waals surface area contributed by atoms with E-state index in [1.54, 1.807) is 0 Å². The monoisotopic (exact) mass is 203 g/mol. The van der Waals surface area contributed by atoms with Crippen LogP contribution in [0.15, 0.2) is 18.3 Å². The Morgan fingerprint density at radius 2 is 2.07 bits per heavy atom. The van der Waals surface area contributed by atoms with Gasteiger partial charge in [0.25, 0.3) is 0 Å². The Bertz CT molecular complexity index is 231. The number of ether oxygens (including phenoxy) is 1.